The van der Waals surface area contributed by atoms with Crippen LogP contribution in [0.4, 0.5) is 4.79 Å². The van der Waals surface area contributed by atoms with E-state index in [4.69, 9.17) is 8.92 Å². The van der Waals surface area contributed by atoms with Crippen molar-refractivity contribution >= 4 is 16.2 Å². The molecule has 1 fully saturated rings. The highest BCUT2D eigenvalue weighted by Crippen LogP contribution is 2.29. The molecule has 0 aliphatic carbocycles. The fraction of sp³-hybridized carbons (Fsp3) is 0.929. The van der Waals surface area contributed by atoms with Gasteiger partial charge in [-0.05, 0) is 40.0 Å². The number of piperidine rings is 1. The quantitative estimate of drug-likeness (QED) is 0.745. The average Bonchev–Trinajstić information content (AvgIpc) is 2.26. The smallest absolute Gasteiger partial charge is 0.410 e. The first-order valence-electron chi connectivity index (χ1n) is 7.23. The molecule has 1 aliphatic heterocycles. The predicted molar refractivity (Wildman–Crippen MR) is 80.5 cm³/mol. The molecule has 1 amide bonds. The summed E-state index contributed by atoms with van der Waals surface area (Å²) in [4.78, 5) is 13.9. The Morgan fingerprint density at radius 3 is 2.33 bits per heavy atom. The molecule has 124 valence electrons. The molecule has 1 rings (SSSR count). The summed E-state index contributed by atoms with van der Waals surface area (Å²) < 4.78 is 32.6. The van der Waals surface area contributed by atoms with Crippen molar-refractivity contribution in [1.29, 1.82) is 0 Å². The van der Waals surface area contributed by atoms with E-state index in [0.717, 1.165) is 12.7 Å². The summed E-state index contributed by atoms with van der Waals surface area (Å²) in [6, 6.07) is -0.113. The Morgan fingerprint density at radius 1 is 1.29 bits per heavy atom. The number of amides is 1. The van der Waals surface area contributed by atoms with Gasteiger partial charge in [0.25, 0.3) is 10.1 Å². The standard InChI is InChI=1S/C14H27NO5S/c1-10-7-12(9-19-21(6,17)18)11(2)15(8-10)13(16)20-14(3,4)5/h10-12H,7-9H2,1-6H3. The minimum atomic E-state index is -3.47. The molecule has 1 aliphatic rings. The number of carbonyl (C=O) groups excluding carboxylic acids is 1. The number of hydrogen-bond acceptors (Lipinski definition) is 5. The first-order chi connectivity index (χ1) is 9.39. The van der Waals surface area contributed by atoms with Crippen LogP contribution in [0.2, 0.25) is 0 Å². The van der Waals surface area contributed by atoms with E-state index in [-0.39, 0.29) is 30.6 Å². The second-order valence-corrected chi connectivity index (χ2v) is 8.61. The van der Waals surface area contributed by atoms with E-state index in [2.05, 4.69) is 0 Å². The minimum absolute atomic E-state index is 0.0176. The van der Waals surface area contributed by atoms with Crippen molar-refractivity contribution in [2.24, 2.45) is 11.8 Å². The van der Waals surface area contributed by atoms with Crippen LogP contribution in [-0.2, 0) is 19.0 Å². The van der Waals surface area contributed by atoms with Crippen LogP contribution in [0.1, 0.15) is 41.0 Å². The van der Waals surface area contributed by atoms with Gasteiger partial charge in [0.05, 0.1) is 12.9 Å². The van der Waals surface area contributed by atoms with Crippen molar-refractivity contribution < 1.29 is 22.1 Å². The summed E-state index contributed by atoms with van der Waals surface area (Å²) in [6.07, 6.45) is 1.51. The van der Waals surface area contributed by atoms with Crippen molar-refractivity contribution in [3.8, 4) is 0 Å². The van der Waals surface area contributed by atoms with Crippen molar-refractivity contribution in [1.82, 2.24) is 4.90 Å². The fourth-order valence-corrected chi connectivity index (χ4v) is 2.95. The van der Waals surface area contributed by atoms with Crippen LogP contribution in [-0.4, -0.2) is 50.5 Å². The molecule has 6 nitrogen and oxygen atoms in total. The van der Waals surface area contributed by atoms with E-state index < -0.39 is 15.7 Å². The van der Waals surface area contributed by atoms with Gasteiger partial charge in [-0.2, -0.15) is 8.42 Å². The molecule has 7 heteroatoms. The zero-order valence-electron chi connectivity index (χ0n) is 13.8. The zero-order valence-corrected chi connectivity index (χ0v) is 14.6. The van der Waals surface area contributed by atoms with E-state index >= 15 is 0 Å². The summed E-state index contributed by atoms with van der Waals surface area (Å²) in [5.41, 5.74) is -0.545. The van der Waals surface area contributed by atoms with Gasteiger partial charge in [-0.15, -0.1) is 0 Å². The second kappa shape index (κ2) is 6.52. The lowest BCUT2D eigenvalue weighted by molar-refractivity contribution is -0.0102. The first kappa shape index (κ1) is 18.2. The number of carbonyl (C=O) groups is 1. The number of likely N-dealkylation sites (tertiary alicyclic amines) is 1. The summed E-state index contributed by atoms with van der Waals surface area (Å²) in [7, 11) is -3.47. The molecule has 0 radical (unpaired) electrons. The van der Waals surface area contributed by atoms with Crippen LogP contribution in [0.25, 0.3) is 0 Å². The predicted octanol–water partition coefficient (Wildman–Crippen LogP) is 2.24. The van der Waals surface area contributed by atoms with E-state index in [1.54, 1.807) is 4.90 Å². The lowest BCUT2D eigenvalue weighted by Crippen LogP contribution is -2.52. The number of rotatable bonds is 3. The van der Waals surface area contributed by atoms with Crippen molar-refractivity contribution in [2.75, 3.05) is 19.4 Å². The zero-order chi connectivity index (χ0) is 16.4. The van der Waals surface area contributed by atoms with Crippen molar-refractivity contribution in [3.05, 3.63) is 0 Å². The van der Waals surface area contributed by atoms with Crippen LogP contribution >= 0.6 is 0 Å². The Hall–Kier alpha value is -0.820. The molecule has 3 atom stereocenters. The van der Waals surface area contributed by atoms with E-state index in [1.807, 2.05) is 34.6 Å². The van der Waals surface area contributed by atoms with Crippen LogP contribution in [0.3, 0.4) is 0 Å². The molecule has 3 unspecified atom stereocenters. The summed E-state index contributed by atoms with van der Waals surface area (Å²) in [6.45, 7) is 10.1. The van der Waals surface area contributed by atoms with Gasteiger partial charge in [-0.25, -0.2) is 4.79 Å². The topological polar surface area (TPSA) is 72.9 Å². The van der Waals surface area contributed by atoms with Crippen molar-refractivity contribution in [2.45, 2.75) is 52.7 Å². The van der Waals surface area contributed by atoms with Gasteiger partial charge >= 0.3 is 6.09 Å². The van der Waals surface area contributed by atoms with Crippen LogP contribution in [0, 0.1) is 11.8 Å². The second-order valence-electron chi connectivity index (χ2n) is 6.96. The van der Waals surface area contributed by atoms with Gasteiger partial charge in [0.15, 0.2) is 0 Å². The van der Waals surface area contributed by atoms with E-state index in [9.17, 15) is 13.2 Å². The third-order valence-electron chi connectivity index (χ3n) is 3.51. The highest BCUT2D eigenvalue weighted by Gasteiger charge is 2.37. The molecule has 0 aromatic rings. The fourth-order valence-electron chi connectivity index (χ4n) is 2.52. The molecule has 0 aromatic heterocycles. The van der Waals surface area contributed by atoms with Gasteiger partial charge in [0.2, 0.25) is 0 Å². The largest absolute Gasteiger partial charge is 0.444 e. The Bertz CT molecular complexity index is 468. The lowest BCUT2D eigenvalue weighted by Gasteiger charge is -2.42. The summed E-state index contributed by atoms with van der Waals surface area (Å²) in [5, 5.41) is 0. The average molecular weight is 321 g/mol. The Morgan fingerprint density at radius 2 is 1.86 bits per heavy atom. The maximum Gasteiger partial charge on any atom is 0.410 e. The highest BCUT2D eigenvalue weighted by molar-refractivity contribution is 7.85. The number of nitrogens with zero attached hydrogens (tertiary/aromatic N) is 1. The third-order valence-corrected chi connectivity index (χ3v) is 4.08. The SMILES string of the molecule is CC1CC(COS(C)(=O)=O)C(C)N(C(=O)OC(C)(C)C)C1. The molecular weight excluding hydrogens is 294 g/mol. The van der Waals surface area contributed by atoms with Crippen LogP contribution in [0.5, 0.6) is 0 Å². The molecule has 0 N–H and O–H groups in total. The molecule has 21 heavy (non-hydrogen) atoms. The number of hydrogen-bond donors (Lipinski definition) is 0. The third kappa shape index (κ3) is 6.22. The molecule has 0 saturated carbocycles. The Balaban J connectivity index is 2.75. The van der Waals surface area contributed by atoms with Crippen molar-refractivity contribution in [3.63, 3.8) is 0 Å². The maximum absolute atomic E-state index is 12.3. The molecule has 0 aromatic carbocycles. The summed E-state index contributed by atoms with van der Waals surface area (Å²) in [5.74, 6) is 0.262. The number of ether oxygens (including phenoxy) is 1. The maximum atomic E-state index is 12.3. The monoisotopic (exact) mass is 321 g/mol. The van der Waals surface area contributed by atoms with Gasteiger partial charge in [0, 0.05) is 18.5 Å². The van der Waals surface area contributed by atoms with Gasteiger partial charge in [-0.3, -0.25) is 4.18 Å². The molecule has 1 saturated heterocycles. The minimum Gasteiger partial charge on any atom is -0.444 e. The molecule has 1 heterocycles. The van der Waals surface area contributed by atoms with Gasteiger partial charge in [-0.1, -0.05) is 6.92 Å². The Labute approximate surface area is 127 Å². The van der Waals surface area contributed by atoms with Gasteiger partial charge < -0.3 is 9.64 Å². The summed E-state index contributed by atoms with van der Waals surface area (Å²) >= 11 is 0. The lowest BCUT2D eigenvalue weighted by atomic mass is 9.85. The highest BCUT2D eigenvalue weighted by atomic mass is 32.2. The molecule has 0 bridgehead atoms. The Kier molecular flexibility index (Phi) is 5.66. The van der Waals surface area contributed by atoms with Gasteiger partial charge in [0.1, 0.15) is 5.60 Å². The molecule has 0 spiro atoms. The van der Waals surface area contributed by atoms with Crippen LogP contribution < -0.4 is 0 Å². The van der Waals surface area contributed by atoms with E-state index in [0.29, 0.717) is 6.54 Å². The van der Waals surface area contributed by atoms with E-state index in [1.165, 1.54) is 0 Å². The normalized spacial score (nSPS) is 27.5. The van der Waals surface area contributed by atoms with Crippen LogP contribution in [0.15, 0.2) is 0 Å². The molecular formula is C14H27NO5S. The first-order valence-corrected chi connectivity index (χ1v) is 9.04.